The average Bonchev–Trinajstić information content (AvgIpc) is 2.98. The molecule has 1 atom stereocenters. The minimum Gasteiger partial charge on any atom is -0.356 e. The van der Waals surface area contributed by atoms with Crippen LogP contribution >= 0.6 is 24.0 Å². The fourth-order valence-corrected chi connectivity index (χ4v) is 3.59. The summed E-state index contributed by atoms with van der Waals surface area (Å²) in [5.74, 6) is 0.543. The standard InChI is InChI=1S/C17H25F3N4O2S.HI/c1-21-16(23-14-8-10-24(11-14)12-17(18,19)20)22-9-7-13-3-5-15(6-4-13)27(2,25)26;/h3-6,14H,7-12H2,1-2H3,(H2,21,22,23);1H. The summed E-state index contributed by atoms with van der Waals surface area (Å²) in [6.45, 7) is 0.408. The van der Waals surface area contributed by atoms with E-state index in [1.165, 1.54) is 4.90 Å². The van der Waals surface area contributed by atoms with Crippen LogP contribution in [0.4, 0.5) is 13.2 Å². The van der Waals surface area contributed by atoms with Crippen molar-refractivity contribution in [1.29, 1.82) is 0 Å². The van der Waals surface area contributed by atoms with Crippen molar-refractivity contribution < 1.29 is 21.6 Å². The topological polar surface area (TPSA) is 73.8 Å². The van der Waals surface area contributed by atoms with Crippen LogP contribution in [0.5, 0.6) is 0 Å². The van der Waals surface area contributed by atoms with E-state index in [0.717, 1.165) is 11.8 Å². The van der Waals surface area contributed by atoms with Crippen LogP contribution in [0.25, 0.3) is 0 Å². The van der Waals surface area contributed by atoms with Crippen LogP contribution in [0.3, 0.4) is 0 Å². The minimum absolute atomic E-state index is 0. The molecule has 0 radical (unpaired) electrons. The molecule has 0 bridgehead atoms. The van der Waals surface area contributed by atoms with Gasteiger partial charge in [0.2, 0.25) is 0 Å². The number of alkyl halides is 3. The second-order valence-corrected chi connectivity index (χ2v) is 8.66. The first kappa shape index (κ1) is 25.0. The third kappa shape index (κ3) is 8.52. The molecule has 2 rings (SSSR count). The largest absolute Gasteiger partial charge is 0.401 e. The number of hydrogen-bond acceptors (Lipinski definition) is 4. The van der Waals surface area contributed by atoms with Gasteiger partial charge in [-0.05, 0) is 30.5 Å². The quantitative estimate of drug-likeness (QED) is 0.332. The molecule has 0 aromatic heterocycles. The molecule has 11 heteroatoms. The summed E-state index contributed by atoms with van der Waals surface area (Å²) in [5, 5.41) is 6.28. The lowest BCUT2D eigenvalue weighted by atomic mass is 10.1. The van der Waals surface area contributed by atoms with E-state index in [4.69, 9.17) is 0 Å². The molecule has 0 spiro atoms. The van der Waals surface area contributed by atoms with E-state index in [9.17, 15) is 21.6 Å². The molecule has 2 N–H and O–H groups in total. The molecule has 1 aromatic carbocycles. The van der Waals surface area contributed by atoms with Crippen molar-refractivity contribution in [3.05, 3.63) is 29.8 Å². The third-order valence-electron chi connectivity index (χ3n) is 4.30. The Balaban J connectivity index is 0.00000392. The second-order valence-electron chi connectivity index (χ2n) is 6.65. The minimum atomic E-state index is -4.18. The van der Waals surface area contributed by atoms with Gasteiger partial charge >= 0.3 is 6.18 Å². The SMILES string of the molecule is CN=C(NCCc1ccc(S(C)(=O)=O)cc1)NC1CCN(CC(F)(F)F)C1.I. The molecule has 0 saturated carbocycles. The van der Waals surface area contributed by atoms with Crippen LogP contribution in [0.2, 0.25) is 0 Å². The first-order valence-electron chi connectivity index (χ1n) is 8.62. The lowest BCUT2D eigenvalue weighted by Gasteiger charge is -2.19. The molecule has 28 heavy (non-hydrogen) atoms. The molecule has 1 fully saturated rings. The summed E-state index contributed by atoms with van der Waals surface area (Å²) in [7, 11) is -1.60. The number of rotatable bonds is 6. The van der Waals surface area contributed by atoms with Crippen molar-refractivity contribution in [1.82, 2.24) is 15.5 Å². The molecule has 1 heterocycles. The maximum atomic E-state index is 12.4. The fourth-order valence-electron chi connectivity index (χ4n) is 2.96. The predicted octanol–water partition coefficient (Wildman–Crippen LogP) is 2.05. The van der Waals surface area contributed by atoms with Crippen LogP contribution in [-0.2, 0) is 16.3 Å². The third-order valence-corrected chi connectivity index (χ3v) is 5.43. The highest BCUT2D eigenvalue weighted by molar-refractivity contribution is 14.0. The number of benzene rings is 1. The average molecular weight is 534 g/mol. The van der Waals surface area contributed by atoms with Gasteiger partial charge in [-0.2, -0.15) is 13.2 Å². The van der Waals surface area contributed by atoms with Crippen LogP contribution in [0.1, 0.15) is 12.0 Å². The number of hydrogen-bond donors (Lipinski definition) is 2. The zero-order valence-electron chi connectivity index (χ0n) is 15.8. The van der Waals surface area contributed by atoms with Crippen LogP contribution in [-0.4, -0.2) is 71.0 Å². The Kier molecular flexibility index (Phi) is 9.47. The van der Waals surface area contributed by atoms with Gasteiger partial charge in [0.25, 0.3) is 0 Å². The maximum Gasteiger partial charge on any atom is 0.401 e. The summed E-state index contributed by atoms with van der Waals surface area (Å²) < 4.78 is 60.2. The van der Waals surface area contributed by atoms with E-state index in [1.54, 1.807) is 31.3 Å². The van der Waals surface area contributed by atoms with E-state index in [-0.39, 0.29) is 34.9 Å². The fraction of sp³-hybridized carbons (Fsp3) is 0.588. The first-order chi connectivity index (χ1) is 12.6. The van der Waals surface area contributed by atoms with Gasteiger partial charge in [0.15, 0.2) is 15.8 Å². The van der Waals surface area contributed by atoms with Gasteiger partial charge in [0.05, 0.1) is 11.4 Å². The molecule has 1 aromatic rings. The smallest absolute Gasteiger partial charge is 0.356 e. The molecule has 1 unspecified atom stereocenters. The van der Waals surface area contributed by atoms with Crippen molar-refractivity contribution >= 4 is 39.8 Å². The molecular formula is C17H26F3IN4O2S. The number of sulfone groups is 1. The maximum absolute atomic E-state index is 12.4. The van der Waals surface area contributed by atoms with Gasteiger partial charge in [-0.3, -0.25) is 9.89 Å². The Bertz CT molecular complexity index is 755. The second kappa shape index (κ2) is 10.6. The monoisotopic (exact) mass is 534 g/mol. The molecule has 1 aliphatic heterocycles. The lowest BCUT2D eigenvalue weighted by molar-refractivity contribution is -0.143. The summed E-state index contributed by atoms with van der Waals surface area (Å²) in [6.07, 6.45) is -1.72. The Morgan fingerprint density at radius 3 is 2.46 bits per heavy atom. The van der Waals surface area contributed by atoms with E-state index < -0.39 is 22.6 Å². The number of nitrogens with one attached hydrogen (secondary N) is 2. The predicted molar refractivity (Wildman–Crippen MR) is 114 cm³/mol. The van der Waals surface area contributed by atoms with Crippen molar-refractivity contribution in [2.45, 2.75) is 30.0 Å². The Morgan fingerprint density at radius 2 is 1.93 bits per heavy atom. The van der Waals surface area contributed by atoms with Crippen LogP contribution in [0, 0.1) is 0 Å². The molecule has 160 valence electrons. The molecule has 6 nitrogen and oxygen atoms in total. The van der Waals surface area contributed by atoms with Crippen molar-refractivity contribution in [2.75, 3.05) is 39.5 Å². The highest BCUT2D eigenvalue weighted by atomic mass is 127. The number of guanidine groups is 1. The molecular weight excluding hydrogens is 508 g/mol. The van der Waals surface area contributed by atoms with Crippen LogP contribution < -0.4 is 10.6 Å². The van der Waals surface area contributed by atoms with Crippen LogP contribution in [0.15, 0.2) is 34.2 Å². The zero-order chi connectivity index (χ0) is 20.1. The number of nitrogens with zero attached hydrogens (tertiary/aromatic N) is 2. The summed E-state index contributed by atoms with van der Waals surface area (Å²) in [6, 6.07) is 6.60. The van der Waals surface area contributed by atoms with E-state index in [0.29, 0.717) is 38.4 Å². The van der Waals surface area contributed by atoms with E-state index in [1.807, 2.05) is 0 Å². The molecule has 1 aliphatic rings. The van der Waals surface area contributed by atoms with E-state index >= 15 is 0 Å². The van der Waals surface area contributed by atoms with Crippen molar-refractivity contribution in [2.24, 2.45) is 4.99 Å². The van der Waals surface area contributed by atoms with Crippen molar-refractivity contribution in [3.8, 4) is 0 Å². The number of likely N-dealkylation sites (tertiary alicyclic amines) is 1. The highest BCUT2D eigenvalue weighted by Crippen LogP contribution is 2.19. The zero-order valence-corrected chi connectivity index (χ0v) is 18.9. The number of halogens is 4. The lowest BCUT2D eigenvalue weighted by Crippen LogP contribution is -2.45. The summed E-state index contributed by atoms with van der Waals surface area (Å²) in [4.78, 5) is 5.77. The van der Waals surface area contributed by atoms with E-state index in [2.05, 4.69) is 15.6 Å². The van der Waals surface area contributed by atoms with Gasteiger partial charge in [-0.1, -0.05) is 12.1 Å². The van der Waals surface area contributed by atoms with Crippen molar-refractivity contribution in [3.63, 3.8) is 0 Å². The summed E-state index contributed by atoms with van der Waals surface area (Å²) in [5.41, 5.74) is 0.975. The molecule has 1 saturated heterocycles. The highest BCUT2D eigenvalue weighted by Gasteiger charge is 2.34. The normalized spacial score (nSPS) is 18.6. The summed E-state index contributed by atoms with van der Waals surface area (Å²) >= 11 is 0. The van der Waals surface area contributed by atoms with Gasteiger partial charge in [-0.25, -0.2) is 8.42 Å². The Morgan fingerprint density at radius 1 is 1.29 bits per heavy atom. The Labute approximate surface area is 180 Å². The first-order valence-corrected chi connectivity index (χ1v) is 10.5. The number of aliphatic imine (C=N–C) groups is 1. The van der Waals surface area contributed by atoms with Gasteiger partial charge in [-0.15, -0.1) is 24.0 Å². The van der Waals surface area contributed by atoms with Gasteiger partial charge in [0.1, 0.15) is 0 Å². The Hall–Kier alpha value is -1.08. The van der Waals surface area contributed by atoms with Gasteiger partial charge < -0.3 is 10.6 Å². The van der Waals surface area contributed by atoms with Gasteiger partial charge in [0, 0.05) is 39.0 Å². The molecule has 0 aliphatic carbocycles. The molecule has 0 amide bonds.